The summed E-state index contributed by atoms with van der Waals surface area (Å²) in [5.74, 6) is -2.03. The van der Waals surface area contributed by atoms with E-state index in [0.717, 1.165) is 13.8 Å². The summed E-state index contributed by atoms with van der Waals surface area (Å²) in [7, 11) is 1.28. The first kappa shape index (κ1) is 26.5. The minimum atomic E-state index is -1.81. The highest BCUT2D eigenvalue weighted by Crippen LogP contribution is 2.25. The molecule has 0 radical (unpaired) electrons. The predicted molar refractivity (Wildman–Crippen MR) is 98.2 cm³/mol. The van der Waals surface area contributed by atoms with Crippen molar-refractivity contribution in [3.63, 3.8) is 0 Å². The van der Waals surface area contributed by atoms with Gasteiger partial charge in [-0.3, -0.25) is 14.4 Å². The van der Waals surface area contributed by atoms with Crippen molar-refractivity contribution in [2.75, 3.05) is 26.9 Å². The third-order valence-corrected chi connectivity index (χ3v) is 3.25. The second kappa shape index (κ2) is 12.9. The summed E-state index contributed by atoms with van der Waals surface area (Å²) >= 11 is 16.4. The number of carbonyl (C=O) groups is 4. The molecule has 0 saturated heterocycles. The number of hydrogen-bond donors (Lipinski definition) is 1. The average molecular weight is 467 g/mol. The largest absolute Gasteiger partial charge is 0.463 e. The van der Waals surface area contributed by atoms with Gasteiger partial charge in [0.1, 0.15) is 19.3 Å². The van der Waals surface area contributed by atoms with Gasteiger partial charge in [0.2, 0.25) is 3.79 Å². The molecular weight excluding hydrogens is 445 g/mol. The quantitative estimate of drug-likeness (QED) is 0.289. The maximum atomic E-state index is 11.7. The molecule has 0 aliphatic rings. The number of esters is 3. The first-order chi connectivity index (χ1) is 12.9. The number of alkyl carbamates (subject to hydrolysis) is 1. The fraction of sp³-hybridized carbons (Fsp3) is 0.733. The maximum absolute atomic E-state index is 11.7. The van der Waals surface area contributed by atoms with Crippen molar-refractivity contribution >= 4 is 58.8 Å². The monoisotopic (exact) mass is 465 g/mol. The normalized spacial score (nSPS) is 14.2. The fourth-order valence-electron chi connectivity index (χ4n) is 1.90. The Morgan fingerprint density at radius 1 is 0.893 bits per heavy atom. The molecule has 3 atom stereocenters. The Hall–Kier alpha value is -1.49. The number of nitrogens with one attached hydrogen (secondary N) is 1. The van der Waals surface area contributed by atoms with Crippen LogP contribution in [0, 0.1) is 0 Å². The van der Waals surface area contributed by atoms with E-state index in [4.69, 9.17) is 58.5 Å². The van der Waals surface area contributed by atoms with Crippen LogP contribution in [0.1, 0.15) is 20.8 Å². The standard InChI is InChI=1S/C15H22Cl3NO9/c1-8(20)25-6-12(24-4)13(28-10(3)22)11(27-9(2)21)5-19-14(23)26-7-15(16,17)18/h11-13H,5-7H2,1-4H3,(H,19,23)/t11-,12?,13-/m1/s1. The molecule has 0 heterocycles. The molecule has 0 fully saturated rings. The molecule has 0 rings (SSSR count). The van der Waals surface area contributed by atoms with E-state index in [1.807, 2.05) is 0 Å². The number of halogens is 3. The summed E-state index contributed by atoms with van der Waals surface area (Å²) in [5, 5.41) is 2.29. The van der Waals surface area contributed by atoms with E-state index in [2.05, 4.69) is 5.32 Å². The second-order valence-electron chi connectivity index (χ2n) is 5.37. The first-order valence-corrected chi connectivity index (χ1v) is 8.97. The lowest BCUT2D eigenvalue weighted by atomic mass is 10.1. The van der Waals surface area contributed by atoms with Gasteiger partial charge in [-0.1, -0.05) is 34.8 Å². The fourth-order valence-corrected chi connectivity index (χ4v) is 2.06. The Morgan fingerprint density at radius 3 is 1.89 bits per heavy atom. The van der Waals surface area contributed by atoms with Gasteiger partial charge in [0.25, 0.3) is 0 Å². The van der Waals surface area contributed by atoms with Crippen molar-refractivity contribution in [3.8, 4) is 0 Å². The van der Waals surface area contributed by atoms with Crippen LogP contribution in [-0.4, -0.2) is 73.0 Å². The van der Waals surface area contributed by atoms with Gasteiger partial charge in [0, 0.05) is 27.9 Å². The third-order valence-electron chi connectivity index (χ3n) is 2.92. The van der Waals surface area contributed by atoms with E-state index in [1.54, 1.807) is 0 Å². The van der Waals surface area contributed by atoms with Crippen molar-refractivity contribution in [1.29, 1.82) is 0 Å². The van der Waals surface area contributed by atoms with E-state index in [9.17, 15) is 19.2 Å². The number of carbonyl (C=O) groups excluding carboxylic acids is 4. The van der Waals surface area contributed by atoms with Crippen molar-refractivity contribution in [1.82, 2.24) is 5.32 Å². The van der Waals surface area contributed by atoms with Gasteiger partial charge in [-0.25, -0.2) is 4.79 Å². The van der Waals surface area contributed by atoms with Gasteiger partial charge >= 0.3 is 24.0 Å². The smallest absolute Gasteiger partial charge is 0.407 e. The van der Waals surface area contributed by atoms with Crippen LogP contribution >= 0.6 is 34.8 Å². The molecule has 13 heteroatoms. The van der Waals surface area contributed by atoms with Crippen molar-refractivity contribution in [2.45, 2.75) is 42.9 Å². The van der Waals surface area contributed by atoms with Crippen molar-refractivity contribution in [2.24, 2.45) is 0 Å². The van der Waals surface area contributed by atoms with Crippen LogP contribution in [-0.2, 0) is 38.1 Å². The van der Waals surface area contributed by atoms with Crippen LogP contribution in [0.3, 0.4) is 0 Å². The number of rotatable bonds is 10. The molecular formula is C15H22Cl3NO9. The zero-order chi connectivity index (χ0) is 21.9. The molecule has 1 N–H and O–H groups in total. The molecule has 0 aromatic rings. The molecule has 1 unspecified atom stereocenters. The minimum Gasteiger partial charge on any atom is -0.463 e. The van der Waals surface area contributed by atoms with Crippen LogP contribution in [0.4, 0.5) is 4.79 Å². The summed E-state index contributed by atoms with van der Waals surface area (Å²) in [5.41, 5.74) is 0. The molecule has 0 bridgehead atoms. The lowest BCUT2D eigenvalue weighted by Crippen LogP contribution is -2.51. The maximum Gasteiger partial charge on any atom is 0.407 e. The van der Waals surface area contributed by atoms with Gasteiger partial charge in [-0.15, -0.1) is 0 Å². The van der Waals surface area contributed by atoms with Gasteiger partial charge in [-0.2, -0.15) is 0 Å². The highest BCUT2D eigenvalue weighted by Gasteiger charge is 2.36. The summed E-state index contributed by atoms with van der Waals surface area (Å²) in [6, 6.07) is 0. The van der Waals surface area contributed by atoms with Gasteiger partial charge in [0.05, 0.1) is 6.54 Å². The molecule has 1 amide bonds. The highest BCUT2D eigenvalue weighted by molar-refractivity contribution is 6.67. The Bertz CT molecular complexity index is 553. The van der Waals surface area contributed by atoms with E-state index >= 15 is 0 Å². The van der Waals surface area contributed by atoms with Crippen LogP contribution in [0.2, 0.25) is 0 Å². The summed E-state index contributed by atoms with van der Waals surface area (Å²) in [6.45, 7) is 2.27. The molecule has 0 aromatic heterocycles. The zero-order valence-corrected chi connectivity index (χ0v) is 17.9. The Labute approximate surface area is 177 Å². The molecule has 28 heavy (non-hydrogen) atoms. The summed E-state index contributed by atoms with van der Waals surface area (Å²) in [6.07, 6.45) is -4.36. The topological polar surface area (TPSA) is 126 Å². The SMILES string of the molecule is COC(COC(C)=O)[C@H](OC(C)=O)[C@@H](CNC(=O)OCC(Cl)(Cl)Cl)OC(C)=O. The van der Waals surface area contributed by atoms with E-state index in [0.29, 0.717) is 0 Å². The number of methoxy groups -OCH3 is 1. The van der Waals surface area contributed by atoms with Gasteiger partial charge in [0.15, 0.2) is 12.2 Å². The molecule has 0 aromatic carbocycles. The molecule has 0 saturated carbocycles. The first-order valence-electron chi connectivity index (χ1n) is 7.83. The molecule has 0 spiro atoms. The van der Waals surface area contributed by atoms with Crippen LogP contribution in [0.25, 0.3) is 0 Å². The molecule has 10 nitrogen and oxygen atoms in total. The molecule has 162 valence electrons. The van der Waals surface area contributed by atoms with E-state index < -0.39 is 52.7 Å². The number of hydrogen-bond acceptors (Lipinski definition) is 9. The lowest BCUT2D eigenvalue weighted by molar-refractivity contribution is -0.181. The van der Waals surface area contributed by atoms with Crippen LogP contribution < -0.4 is 5.32 Å². The molecule has 0 aliphatic heterocycles. The van der Waals surface area contributed by atoms with E-state index in [1.165, 1.54) is 14.0 Å². The van der Waals surface area contributed by atoms with Crippen molar-refractivity contribution < 1.29 is 42.9 Å². The number of amides is 1. The van der Waals surface area contributed by atoms with E-state index in [-0.39, 0.29) is 13.2 Å². The molecule has 0 aliphatic carbocycles. The van der Waals surface area contributed by atoms with Gasteiger partial charge < -0.3 is 29.0 Å². The lowest BCUT2D eigenvalue weighted by Gasteiger charge is -2.31. The second-order valence-corrected chi connectivity index (χ2v) is 7.89. The summed E-state index contributed by atoms with van der Waals surface area (Å²) < 4.78 is 23.2. The number of ether oxygens (including phenoxy) is 5. The third kappa shape index (κ3) is 12.8. The van der Waals surface area contributed by atoms with Crippen LogP contribution in [0.5, 0.6) is 0 Å². The Morgan fingerprint density at radius 2 is 1.46 bits per heavy atom. The van der Waals surface area contributed by atoms with Crippen LogP contribution in [0.15, 0.2) is 0 Å². The number of alkyl halides is 3. The van der Waals surface area contributed by atoms with Crippen molar-refractivity contribution in [3.05, 3.63) is 0 Å². The zero-order valence-electron chi connectivity index (χ0n) is 15.7. The Kier molecular flexibility index (Phi) is 12.2. The van der Waals surface area contributed by atoms with Gasteiger partial charge in [-0.05, 0) is 0 Å². The Balaban J connectivity index is 5.24. The summed E-state index contributed by atoms with van der Waals surface area (Å²) in [4.78, 5) is 45.7. The predicted octanol–water partition coefficient (Wildman–Crippen LogP) is 1.52. The minimum absolute atomic E-state index is 0.292. The average Bonchev–Trinajstić information content (AvgIpc) is 2.54. The highest BCUT2D eigenvalue weighted by atomic mass is 35.6.